The van der Waals surface area contributed by atoms with Gasteiger partial charge in [0, 0.05) is 102 Å². The van der Waals surface area contributed by atoms with Gasteiger partial charge in [0.2, 0.25) is 0 Å². The normalized spacial score (nSPS) is 15.8. The molecule has 0 amide bonds. The molecule has 336 valence electrons. The summed E-state index contributed by atoms with van der Waals surface area (Å²) in [5.74, 6) is 2.62. The van der Waals surface area contributed by atoms with E-state index in [1.54, 1.807) is 24.8 Å². The minimum Gasteiger partial charge on any atom is -0.494 e. The number of pyridine rings is 2. The Morgan fingerprint density at radius 3 is 1.57 bits per heavy atom. The molecule has 63 heavy (non-hydrogen) atoms. The zero-order valence-corrected chi connectivity index (χ0v) is 37.2. The first-order chi connectivity index (χ1) is 30.0. The number of hydrogen-bond acceptors (Lipinski definition) is 17. The summed E-state index contributed by atoms with van der Waals surface area (Å²) in [6.45, 7) is 8.93. The largest absolute Gasteiger partial charge is 0.494 e. The summed E-state index contributed by atoms with van der Waals surface area (Å²) in [5.41, 5.74) is 6.54. The molecule has 17 nitrogen and oxygen atoms in total. The molecule has 0 saturated carbocycles. The van der Waals surface area contributed by atoms with Crippen LogP contribution >= 0.6 is 27.0 Å². The Balaban J connectivity index is 0.000000231. The molecule has 2 aromatic carbocycles. The van der Waals surface area contributed by atoms with Gasteiger partial charge >= 0.3 is 5.97 Å². The number of fused-ring (bicyclic) bond motifs is 2. The van der Waals surface area contributed by atoms with E-state index in [4.69, 9.17) is 38.8 Å². The first-order valence-corrected chi connectivity index (χ1v) is 20.6. The van der Waals surface area contributed by atoms with Gasteiger partial charge in [0.05, 0.1) is 67.7 Å². The number of anilines is 2. The Morgan fingerprint density at radius 1 is 0.683 bits per heavy atom. The molecule has 6 aromatic rings. The number of nitrogens with zero attached hydrogens (tertiary/aromatic N) is 6. The maximum atomic E-state index is 10.8. The second-order valence-electron chi connectivity index (χ2n) is 14.2. The topological polar surface area (TPSA) is 209 Å². The summed E-state index contributed by atoms with van der Waals surface area (Å²) in [6.07, 6.45) is 8.13. The molecule has 0 aliphatic carbocycles. The van der Waals surface area contributed by atoms with Gasteiger partial charge in [0.25, 0.3) is 0 Å². The second-order valence-corrected chi connectivity index (χ2v) is 14.2. The summed E-state index contributed by atoms with van der Waals surface area (Å²) in [5, 5.41) is 22.3. The summed E-state index contributed by atoms with van der Waals surface area (Å²) in [6, 6.07) is 19.3. The Hall–Kier alpha value is -5.41. The van der Waals surface area contributed by atoms with Gasteiger partial charge in [0.1, 0.15) is 22.5 Å². The smallest absolute Gasteiger partial charge is 0.302 e. The number of morpholine rings is 2. The van der Waals surface area contributed by atoms with Crippen molar-refractivity contribution in [2.24, 2.45) is 0 Å². The molecule has 19 heteroatoms. The Labute approximate surface area is 380 Å². The zero-order valence-electron chi connectivity index (χ0n) is 35.2. The molecular formula is C44H56N10O7S2. The van der Waals surface area contributed by atoms with Crippen molar-refractivity contribution in [3.05, 3.63) is 85.5 Å². The number of nitrogens with one attached hydrogen (secondary N) is 4. The summed E-state index contributed by atoms with van der Waals surface area (Å²) >= 11 is 0. The fraction of sp³-hybridized carbons (Fsp3) is 0.386. The molecule has 0 spiro atoms. The second kappa shape index (κ2) is 25.6. The van der Waals surface area contributed by atoms with E-state index in [9.17, 15) is 4.79 Å². The SMILES string of the molecule is CC(=O)OCCCOc1ccc(-c2cc3nccnc3c(NC[C@@H]3CNCCO3)n2)cc1.OCCCOc1ccc(-c2cc3nccnc3c(NC[C@@H]3CNCCO3)n2)cc1.S.S. The average Bonchev–Trinajstić information content (AvgIpc) is 3.31. The maximum absolute atomic E-state index is 10.8. The number of aliphatic hydroxyl groups is 1. The number of aromatic nitrogens is 6. The molecule has 2 saturated heterocycles. The molecule has 4 aromatic heterocycles. The first kappa shape index (κ1) is 48.6. The van der Waals surface area contributed by atoms with E-state index in [2.05, 4.69) is 41.2 Å². The van der Waals surface area contributed by atoms with Crippen molar-refractivity contribution in [3.8, 4) is 34.0 Å². The van der Waals surface area contributed by atoms with E-state index in [-0.39, 0.29) is 51.8 Å². The van der Waals surface area contributed by atoms with Gasteiger partial charge in [-0.2, -0.15) is 27.0 Å². The molecule has 2 aliphatic rings. The van der Waals surface area contributed by atoms with Crippen LogP contribution in [0.1, 0.15) is 19.8 Å². The van der Waals surface area contributed by atoms with Gasteiger partial charge in [-0.15, -0.1) is 0 Å². The number of hydrogen-bond donors (Lipinski definition) is 5. The van der Waals surface area contributed by atoms with Crippen molar-refractivity contribution in [2.45, 2.75) is 32.0 Å². The van der Waals surface area contributed by atoms with Crippen molar-refractivity contribution in [1.29, 1.82) is 0 Å². The predicted molar refractivity (Wildman–Crippen MR) is 252 cm³/mol. The number of rotatable bonds is 17. The van der Waals surface area contributed by atoms with Crippen LogP contribution < -0.4 is 30.7 Å². The highest BCUT2D eigenvalue weighted by Gasteiger charge is 2.17. The van der Waals surface area contributed by atoms with Gasteiger partial charge in [-0.1, -0.05) is 0 Å². The summed E-state index contributed by atoms with van der Waals surface area (Å²) in [7, 11) is 0. The predicted octanol–water partition coefficient (Wildman–Crippen LogP) is 4.50. The van der Waals surface area contributed by atoms with Gasteiger partial charge in [-0.05, 0) is 60.7 Å². The van der Waals surface area contributed by atoms with Crippen molar-refractivity contribution < 1.29 is 33.6 Å². The number of carbonyl (C=O) groups excluding carboxylic acids is 1. The molecule has 0 bridgehead atoms. The molecule has 6 heterocycles. The minimum atomic E-state index is -0.279. The van der Waals surface area contributed by atoms with E-state index in [0.717, 1.165) is 82.3 Å². The van der Waals surface area contributed by atoms with Gasteiger partial charge in [-0.25, -0.2) is 19.9 Å². The van der Waals surface area contributed by atoms with E-state index < -0.39 is 0 Å². The molecule has 0 unspecified atom stereocenters. The molecule has 8 rings (SSSR count). The first-order valence-electron chi connectivity index (χ1n) is 20.6. The van der Waals surface area contributed by atoms with Crippen molar-refractivity contribution in [1.82, 2.24) is 40.5 Å². The highest BCUT2D eigenvalue weighted by molar-refractivity contribution is 7.59. The van der Waals surface area contributed by atoms with Gasteiger partial charge in [-0.3, -0.25) is 14.8 Å². The molecule has 0 radical (unpaired) electrons. The van der Waals surface area contributed by atoms with Crippen LogP contribution in [0.4, 0.5) is 11.6 Å². The fourth-order valence-corrected chi connectivity index (χ4v) is 6.57. The van der Waals surface area contributed by atoms with Crippen LogP contribution in [0, 0.1) is 0 Å². The lowest BCUT2D eigenvalue weighted by Gasteiger charge is -2.24. The number of esters is 1. The van der Waals surface area contributed by atoms with E-state index >= 15 is 0 Å². The standard InChI is InChI=1S/C23H27N5O4.C21H25N5O3.2H2S/c1-16(29)30-10-2-11-31-18-5-3-17(4-6-18)20-13-21-22(26-8-7-25-21)23(28-20)27-15-19-14-24-9-12-32-19;27-9-1-10-28-16-4-2-15(3-5-16)18-12-19-20(24-7-6-23-19)21(26-18)25-14-17-13-22-8-11-29-17;;/h3-8,13,19,24H,2,9-12,14-15H2,1H3,(H,27,28);2-7,12,17,22,27H,1,8-11,13-14H2,(H,25,26);2*1H2/t19-;17-;;/m00../s1. The Morgan fingerprint density at radius 2 is 1.14 bits per heavy atom. The van der Waals surface area contributed by atoms with E-state index in [1.807, 2.05) is 60.7 Å². The molecule has 2 atom stereocenters. The highest BCUT2D eigenvalue weighted by Crippen LogP contribution is 2.29. The Bertz CT molecular complexity index is 2300. The summed E-state index contributed by atoms with van der Waals surface area (Å²) < 4.78 is 27.8. The summed E-state index contributed by atoms with van der Waals surface area (Å²) in [4.78, 5) is 38.2. The molecule has 2 aliphatic heterocycles. The van der Waals surface area contributed by atoms with Crippen LogP contribution in [0.25, 0.3) is 44.6 Å². The quantitative estimate of drug-likeness (QED) is 0.0631. The fourth-order valence-electron chi connectivity index (χ4n) is 6.57. The third kappa shape index (κ3) is 14.6. The van der Waals surface area contributed by atoms with Crippen LogP contribution in [0.2, 0.25) is 0 Å². The van der Waals surface area contributed by atoms with Crippen LogP contribution in [-0.2, 0) is 19.0 Å². The monoisotopic (exact) mass is 900 g/mol. The maximum Gasteiger partial charge on any atom is 0.302 e. The lowest BCUT2D eigenvalue weighted by Crippen LogP contribution is -2.42. The van der Waals surface area contributed by atoms with E-state index in [1.165, 1.54) is 6.92 Å². The minimum absolute atomic E-state index is 0. The molecule has 2 fully saturated rings. The van der Waals surface area contributed by atoms with Crippen LogP contribution in [0.5, 0.6) is 11.5 Å². The molecular weight excluding hydrogens is 845 g/mol. The Kier molecular flexibility index (Phi) is 19.8. The highest BCUT2D eigenvalue weighted by atomic mass is 32.1. The lowest BCUT2D eigenvalue weighted by atomic mass is 10.1. The zero-order chi connectivity index (χ0) is 42.1. The van der Waals surface area contributed by atoms with E-state index in [0.29, 0.717) is 70.6 Å². The number of aliphatic hydroxyl groups excluding tert-OH is 1. The molecule has 5 N–H and O–H groups in total. The van der Waals surface area contributed by atoms with Crippen LogP contribution in [0.15, 0.2) is 85.5 Å². The third-order valence-electron chi connectivity index (χ3n) is 9.65. The lowest BCUT2D eigenvalue weighted by molar-refractivity contribution is -0.141. The van der Waals surface area contributed by atoms with Crippen molar-refractivity contribution >= 4 is 66.7 Å². The van der Waals surface area contributed by atoms with Gasteiger partial charge in [0.15, 0.2) is 11.6 Å². The van der Waals surface area contributed by atoms with Crippen LogP contribution in [0.3, 0.4) is 0 Å². The number of carbonyl (C=O) groups is 1. The third-order valence-corrected chi connectivity index (χ3v) is 9.65. The van der Waals surface area contributed by atoms with Crippen LogP contribution in [-0.4, -0.2) is 132 Å². The van der Waals surface area contributed by atoms with Crippen molar-refractivity contribution in [3.63, 3.8) is 0 Å². The number of benzene rings is 2. The van der Waals surface area contributed by atoms with Crippen molar-refractivity contribution in [2.75, 3.05) is 89.5 Å². The number of ether oxygens (including phenoxy) is 5. The van der Waals surface area contributed by atoms with Gasteiger partial charge < -0.3 is 50.1 Å². The average molecular weight is 901 g/mol.